The minimum atomic E-state index is -2.18. The summed E-state index contributed by atoms with van der Waals surface area (Å²) in [7, 11) is 0. The Morgan fingerprint density at radius 2 is 1.79 bits per heavy atom. The average Bonchev–Trinajstić information content (AvgIpc) is 3.27. The summed E-state index contributed by atoms with van der Waals surface area (Å²) in [5, 5.41) is -1.16. The third kappa shape index (κ3) is 2.26. The fraction of sp³-hybridized carbons (Fsp3) is 0.333. The molecule has 2 atom stereocenters. The minimum absolute atomic E-state index is 0.0969. The number of nitrogens with zero attached hydrogens (tertiary/aromatic N) is 1. The van der Waals surface area contributed by atoms with Crippen LogP contribution in [-0.2, 0) is 4.74 Å². The van der Waals surface area contributed by atoms with Gasteiger partial charge in [0.2, 0.25) is 5.43 Å². The van der Waals surface area contributed by atoms with Crippen LogP contribution in [0.3, 0.4) is 0 Å². The number of esters is 1. The van der Waals surface area contributed by atoms with Crippen LogP contribution in [0.25, 0.3) is 10.9 Å². The maximum atomic E-state index is 14.1. The first-order chi connectivity index (χ1) is 11.3. The van der Waals surface area contributed by atoms with Crippen LogP contribution in [0, 0.1) is 23.3 Å². The van der Waals surface area contributed by atoms with E-state index >= 15 is 0 Å². The highest BCUT2D eigenvalue weighted by Crippen LogP contribution is 2.41. The number of pyridine rings is 1. The molecule has 0 spiro atoms. The maximum absolute atomic E-state index is 14.1. The van der Waals surface area contributed by atoms with Gasteiger partial charge in [-0.05, 0) is 6.92 Å². The zero-order valence-electron chi connectivity index (χ0n) is 12.2. The van der Waals surface area contributed by atoms with Gasteiger partial charge < -0.3 is 9.30 Å². The van der Waals surface area contributed by atoms with Gasteiger partial charge in [0.15, 0.2) is 23.3 Å². The molecule has 0 bridgehead atoms. The summed E-state index contributed by atoms with van der Waals surface area (Å²) in [6.07, 6.45) is -0.756. The molecule has 9 heteroatoms. The molecule has 1 aliphatic rings. The van der Waals surface area contributed by atoms with Crippen LogP contribution in [0.15, 0.2) is 11.0 Å². The standard InChI is InChI=1S/C15H10F5NO3/c1-2-24-15(23)5-4-21(7-3-6(7)16)13-8(14(5)22)9(17)10(18)11(19)12(13)20/h4,6-7H,2-3H2,1H3/t6-,7-/m1/s1. The monoisotopic (exact) mass is 347 g/mol. The van der Waals surface area contributed by atoms with Crippen LogP contribution < -0.4 is 5.43 Å². The van der Waals surface area contributed by atoms with E-state index in [9.17, 15) is 31.5 Å². The first-order valence-corrected chi connectivity index (χ1v) is 7.01. The molecule has 0 radical (unpaired) electrons. The van der Waals surface area contributed by atoms with Crippen molar-refractivity contribution in [3.05, 3.63) is 45.3 Å². The summed E-state index contributed by atoms with van der Waals surface area (Å²) in [5.41, 5.74) is -2.99. The normalized spacial score (nSPS) is 19.6. The lowest BCUT2D eigenvalue weighted by Crippen LogP contribution is -2.23. The molecule has 1 heterocycles. The summed E-state index contributed by atoms with van der Waals surface area (Å²) in [6.45, 7) is 1.34. The molecule has 128 valence electrons. The van der Waals surface area contributed by atoms with Crippen LogP contribution in [0.1, 0.15) is 29.7 Å². The molecule has 1 aromatic heterocycles. The second kappa shape index (κ2) is 5.57. The van der Waals surface area contributed by atoms with Crippen molar-refractivity contribution in [1.82, 2.24) is 4.57 Å². The van der Waals surface area contributed by atoms with Gasteiger partial charge in [-0.3, -0.25) is 4.79 Å². The predicted molar refractivity (Wildman–Crippen MR) is 72.5 cm³/mol. The van der Waals surface area contributed by atoms with E-state index in [1.165, 1.54) is 6.92 Å². The van der Waals surface area contributed by atoms with Gasteiger partial charge in [0.25, 0.3) is 0 Å². The summed E-state index contributed by atoms with van der Waals surface area (Å²) in [6, 6.07) is -1.01. The number of ether oxygens (including phenoxy) is 1. The molecular formula is C15H10F5NO3. The fourth-order valence-electron chi connectivity index (χ4n) is 2.52. The molecular weight excluding hydrogens is 337 g/mol. The van der Waals surface area contributed by atoms with E-state index in [1.807, 2.05) is 0 Å². The lowest BCUT2D eigenvalue weighted by Gasteiger charge is -2.14. The number of carbonyl (C=O) groups excluding carboxylic acids is 1. The second-order valence-corrected chi connectivity index (χ2v) is 5.30. The third-order valence-electron chi connectivity index (χ3n) is 3.77. The Balaban J connectivity index is 2.45. The van der Waals surface area contributed by atoms with Crippen molar-refractivity contribution in [2.24, 2.45) is 0 Å². The highest BCUT2D eigenvalue weighted by molar-refractivity contribution is 5.94. The van der Waals surface area contributed by atoms with Crippen LogP contribution in [0.2, 0.25) is 0 Å². The van der Waals surface area contributed by atoms with Crippen molar-refractivity contribution < 1.29 is 31.5 Å². The summed E-state index contributed by atoms with van der Waals surface area (Å²) in [5.74, 6) is -9.22. The van der Waals surface area contributed by atoms with Gasteiger partial charge in [-0.2, -0.15) is 0 Å². The van der Waals surface area contributed by atoms with E-state index in [-0.39, 0.29) is 13.0 Å². The number of halogens is 5. The number of rotatable bonds is 3. The van der Waals surface area contributed by atoms with Gasteiger partial charge >= 0.3 is 5.97 Å². The van der Waals surface area contributed by atoms with E-state index in [4.69, 9.17) is 0 Å². The van der Waals surface area contributed by atoms with Crippen LogP contribution in [0.5, 0.6) is 0 Å². The maximum Gasteiger partial charge on any atom is 0.343 e. The zero-order valence-corrected chi connectivity index (χ0v) is 12.2. The van der Waals surface area contributed by atoms with Gasteiger partial charge in [-0.1, -0.05) is 0 Å². The Bertz CT molecular complexity index is 924. The van der Waals surface area contributed by atoms with Crippen molar-refractivity contribution in [3.8, 4) is 0 Å². The van der Waals surface area contributed by atoms with Crippen molar-refractivity contribution in [2.45, 2.75) is 25.6 Å². The Kier molecular flexibility index (Phi) is 3.81. The Morgan fingerprint density at radius 1 is 1.21 bits per heavy atom. The van der Waals surface area contributed by atoms with Crippen molar-refractivity contribution >= 4 is 16.9 Å². The van der Waals surface area contributed by atoms with Crippen LogP contribution >= 0.6 is 0 Å². The van der Waals surface area contributed by atoms with E-state index in [0.29, 0.717) is 0 Å². The van der Waals surface area contributed by atoms with Gasteiger partial charge in [-0.15, -0.1) is 0 Å². The number of hydrogen-bond acceptors (Lipinski definition) is 3. The predicted octanol–water partition coefficient (Wildman–Crippen LogP) is 3.02. The minimum Gasteiger partial charge on any atom is -0.462 e. The molecule has 0 amide bonds. The molecule has 1 fully saturated rings. The topological polar surface area (TPSA) is 48.3 Å². The van der Waals surface area contributed by atoms with Crippen molar-refractivity contribution in [2.75, 3.05) is 6.61 Å². The Hall–Kier alpha value is -2.45. The van der Waals surface area contributed by atoms with Gasteiger partial charge in [0, 0.05) is 12.6 Å². The number of hydrogen-bond donors (Lipinski definition) is 0. The molecule has 1 saturated carbocycles. The molecule has 1 aliphatic carbocycles. The van der Waals surface area contributed by atoms with Gasteiger partial charge in [0.05, 0.1) is 23.6 Å². The number of carbonyl (C=O) groups is 1. The molecule has 1 aromatic carbocycles. The highest BCUT2D eigenvalue weighted by atomic mass is 19.2. The zero-order chi connectivity index (χ0) is 17.8. The smallest absolute Gasteiger partial charge is 0.343 e. The summed E-state index contributed by atoms with van der Waals surface area (Å²) in [4.78, 5) is 24.1. The number of alkyl halides is 1. The molecule has 3 rings (SSSR count). The van der Waals surface area contributed by atoms with Crippen molar-refractivity contribution in [3.63, 3.8) is 0 Å². The molecule has 24 heavy (non-hydrogen) atoms. The van der Waals surface area contributed by atoms with Gasteiger partial charge in [-0.25, -0.2) is 26.7 Å². The molecule has 0 saturated heterocycles. The molecule has 0 aliphatic heterocycles. The van der Waals surface area contributed by atoms with E-state index in [2.05, 4.69) is 4.74 Å². The van der Waals surface area contributed by atoms with E-state index in [1.54, 1.807) is 0 Å². The highest BCUT2D eigenvalue weighted by Gasteiger charge is 2.41. The number of fused-ring (bicyclic) bond motifs is 1. The Morgan fingerprint density at radius 3 is 2.33 bits per heavy atom. The molecule has 2 aromatic rings. The summed E-state index contributed by atoms with van der Waals surface area (Å²) < 4.78 is 73.9. The van der Waals surface area contributed by atoms with Gasteiger partial charge in [0.1, 0.15) is 11.7 Å². The lowest BCUT2D eigenvalue weighted by atomic mass is 10.1. The first-order valence-electron chi connectivity index (χ1n) is 7.01. The molecule has 4 nitrogen and oxygen atoms in total. The quantitative estimate of drug-likeness (QED) is 0.371. The first kappa shape index (κ1) is 16.4. The average molecular weight is 347 g/mol. The lowest BCUT2D eigenvalue weighted by molar-refractivity contribution is 0.0524. The van der Waals surface area contributed by atoms with Crippen LogP contribution in [-0.4, -0.2) is 23.3 Å². The third-order valence-corrected chi connectivity index (χ3v) is 3.77. The largest absolute Gasteiger partial charge is 0.462 e. The Labute approximate surface area is 131 Å². The second-order valence-electron chi connectivity index (χ2n) is 5.30. The SMILES string of the molecule is CCOC(=O)c1cn([C@@H]2C[C@H]2F)c2c(F)c(F)c(F)c(F)c2c1=O. The van der Waals surface area contributed by atoms with Crippen LogP contribution in [0.4, 0.5) is 22.0 Å². The number of aromatic nitrogens is 1. The van der Waals surface area contributed by atoms with Crippen molar-refractivity contribution in [1.29, 1.82) is 0 Å². The van der Waals surface area contributed by atoms with E-state index in [0.717, 1.165) is 10.8 Å². The number of benzene rings is 1. The van der Waals surface area contributed by atoms with E-state index < -0.39 is 63.3 Å². The molecule has 0 unspecified atom stereocenters. The fourth-order valence-corrected chi connectivity index (χ4v) is 2.52. The summed E-state index contributed by atoms with van der Waals surface area (Å²) >= 11 is 0. The molecule has 0 N–H and O–H groups in total.